The quantitative estimate of drug-likeness (QED) is 0.715. The van der Waals surface area contributed by atoms with Gasteiger partial charge in [-0.05, 0) is 31.2 Å². The van der Waals surface area contributed by atoms with Crippen molar-refractivity contribution in [2.45, 2.75) is 16.8 Å². The van der Waals surface area contributed by atoms with Crippen molar-refractivity contribution in [1.82, 2.24) is 4.98 Å². The van der Waals surface area contributed by atoms with Crippen LogP contribution >= 0.6 is 0 Å². The second kappa shape index (κ2) is 6.26. The Labute approximate surface area is 134 Å². The van der Waals surface area contributed by atoms with Crippen molar-refractivity contribution in [2.75, 3.05) is 6.61 Å². The predicted octanol–water partition coefficient (Wildman–Crippen LogP) is 3.57. The zero-order valence-electron chi connectivity index (χ0n) is 12.5. The molecule has 0 fully saturated rings. The highest BCUT2D eigenvalue weighted by atomic mass is 32.2. The molecule has 0 spiro atoms. The van der Waals surface area contributed by atoms with E-state index in [9.17, 15) is 8.42 Å². The first-order valence-electron chi connectivity index (χ1n) is 7.12. The summed E-state index contributed by atoms with van der Waals surface area (Å²) in [6, 6.07) is 17.2. The lowest BCUT2D eigenvalue weighted by Gasteiger charge is -2.03. The van der Waals surface area contributed by atoms with Crippen molar-refractivity contribution >= 4 is 9.84 Å². The van der Waals surface area contributed by atoms with Crippen LogP contribution in [0.5, 0.6) is 5.95 Å². The van der Waals surface area contributed by atoms with E-state index in [0.29, 0.717) is 5.56 Å². The molecule has 1 heterocycles. The number of sulfone groups is 1. The fraction of sp³-hybridized carbons (Fsp3) is 0.118. The van der Waals surface area contributed by atoms with Gasteiger partial charge in [0, 0.05) is 5.56 Å². The van der Waals surface area contributed by atoms with E-state index in [0.717, 1.165) is 0 Å². The largest absolute Gasteiger partial charge is 0.463 e. The van der Waals surface area contributed by atoms with Gasteiger partial charge in [-0.3, -0.25) is 0 Å². The third-order valence-electron chi connectivity index (χ3n) is 3.17. The Bertz CT molecular complexity index is 887. The average molecular weight is 329 g/mol. The van der Waals surface area contributed by atoms with Crippen LogP contribution in [-0.2, 0) is 9.84 Å². The molecule has 118 valence electrons. The van der Waals surface area contributed by atoms with Gasteiger partial charge < -0.3 is 9.15 Å². The fourth-order valence-corrected chi connectivity index (χ4v) is 3.36. The maximum absolute atomic E-state index is 12.8. The summed E-state index contributed by atoms with van der Waals surface area (Å²) in [6.45, 7) is 2.03. The second-order valence-electron chi connectivity index (χ2n) is 4.73. The monoisotopic (exact) mass is 329 g/mol. The summed E-state index contributed by atoms with van der Waals surface area (Å²) in [7, 11) is -3.81. The number of rotatable bonds is 5. The van der Waals surface area contributed by atoms with Gasteiger partial charge in [0.25, 0.3) is 0 Å². The number of oxazole rings is 1. The first-order chi connectivity index (χ1) is 11.1. The van der Waals surface area contributed by atoms with Crippen LogP contribution in [0.15, 0.2) is 75.0 Å². The Hall–Kier alpha value is -2.60. The summed E-state index contributed by atoms with van der Waals surface area (Å²) in [5, 5.41) is -0.204. The van der Waals surface area contributed by atoms with Gasteiger partial charge in [0.1, 0.15) is 0 Å². The highest BCUT2D eigenvalue weighted by Crippen LogP contribution is 2.33. The minimum atomic E-state index is -3.81. The van der Waals surface area contributed by atoms with Gasteiger partial charge in [-0.2, -0.15) is 4.98 Å². The van der Waals surface area contributed by atoms with Crippen molar-refractivity contribution in [1.29, 1.82) is 0 Å². The topological polar surface area (TPSA) is 69.4 Å². The summed E-state index contributed by atoms with van der Waals surface area (Å²) in [5.74, 6) is 0.124. The lowest BCUT2D eigenvalue weighted by Crippen LogP contribution is -2.05. The van der Waals surface area contributed by atoms with E-state index < -0.39 is 9.84 Å². The summed E-state index contributed by atoms with van der Waals surface area (Å²) >= 11 is 0. The first-order valence-corrected chi connectivity index (χ1v) is 8.60. The molecule has 1 aromatic heterocycles. The highest BCUT2D eigenvalue weighted by molar-refractivity contribution is 7.91. The molecule has 2 aromatic carbocycles. The number of ether oxygens (including phenoxy) is 1. The maximum Gasteiger partial charge on any atom is 0.325 e. The smallest absolute Gasteiger partial charge is 0.325 e. The van der Waals surface area contributed by atoms with Crippen LogP contribution in [0.1, 0.15) is 6.92 Å². The molecule has 0 bridgehead atoms. The Balaban J connectivity index is 2.13. The summed E-state index contributed by atoms with van der Waals surface area (Å²) < 4.78 is 36.4. The molecular weight excluding hydrogens is 314 g/mol. The van der Waals surface area contributed by atoms with E-state index in [1.165, 1.54) is 12.1 Å². The lowest BCUT2D eigenvalue weighted by molar-refractivity contribution is 0.251. The van der Waals surface area contributed by atoms with Crippen LogP contribution in [0.25, 0.3) is 11.5 Å². The van der Waals surface area contributed by atoms with E-state index in [4.69, 9.17) is 9.15 Å². The van der Waals surface area contributed by atoms with Crippen LogP contribution in [0, 0.1) is 0 Å². The molecule has 5 nitrogen and oxygen atoms in total. The highest BCUT2D eigenvalue weighted by Gasteiger charge is 2.29. The van der Waals surface area contributed by atoms with Crippen molar-refractivity contribution in [2.24, 2.45) is 0 Å². The summed E-state index contributed by atoms with van der Waals surface area (Å²) in [5.41, 5.74) is 0.683. The van der Waals surface area contributed by atoms with Crippen LogP contribution in [-0.4, -0.2) is 20.0 Å². The van der Waals surface area contributed by atoms with Gasteiger partial charge in [-0.25, -0.2) is 8.42 Å². The van der Waals surface area contributed by atoms with Crippen LogP contribution < -0.4 is 4.74 Å². The normalized spacial score (nSPS) is 11.3. The minimum Gasteiger partial charge on any atom is -0.463 e. The Kier molecular flexibility index (Phi) is 4.16. The van der Waals surface area contributed by atoms with Gasteiger partial charge in [-0.1, -0.05) is 36.4 Å². The zero-order chi connectivity index (χ0) is 16.3. The van der Waals surface area contributed by atoms with E-state index in [-0.39, 0.29) is 28.4 Å². The van der Waals surface area contributed by atoms with E-state index in [1.807, 2.05) is 18.2 Å². The average Bonchev–Trinajstić information content (AvgIpc) is 3.02. The SMILES string of the molecule is CCOc1oc(-c2ccccc2)nc1S(=O)(=O)c1ccccc1. The molecule has 3 rings (SSSR count). The lowest BCUT2D eigenvalue weighted by atomic mass is 10.2. The van der Waals surface area contributed by atoms with Crippen molar-refractivity contribution < 1.29 is 17.6 Å². The van der Waals surface area contributed by atoms with Gasteiger partial charge in [0.15, 0.2) is 0 Å². The Morgan fingerprint density at radius 2 is 1.61 bits per heavy atom. The van der Waals surface area contributed by atoms with Crippen LogP contribution in [0.4, 0.5) is 0 Å². The number of hydrogen-bond donors (Lipinski definition) is 0. The molecule has 0 aliphatic heterocycles. The zero-order valence-corrected chi connectivity index (χ0v) is 13.3. The van der Waals surface area contributed by atoms with Crippen LogP contribution in [0.2, 0.25) is 0 Å². The number of aromatic nitrogens is 1. The molecule has 0 unspecified atom stereocenters. The summed E-state index contributed by atoms with van der Waals surface area (Å²) in [6.07, 6.45) is 0. The predicted molar refractivity (Wildman–Crippen MR) is 85.0 cm³/mol. The van der Waals surface area contributed by atoms with E-state index in [1.54, 1.807) is 37.3 Å². The molecule has 6 heteroatoms. The molecule has 3 aromatic rings. The molecular formula is C17H15NO4S. The molecule has 0 N–H and O–H groups in total. The third-order valence-corrected chi connectivity index (χ3v) is 4.83. The van der Waals surface area contributed by atoms with Gasteiger partial charge >= 0.3 is 5.95 Å². The van der Waals surface area contributed by atoms with Crippen molar-refractivity contribution in [3.05, 3.63) is 60.7 Å². The maximum atomic E-state index is 12.8. The van der Waals surface area contributed by atoms with Gasteiger partial charge in [0.05, 0.1) is 11.5 Å². The molecule has 0 atom stereocenters. The minimum absolute atomic E-state index is 0.0878. The first kappa shape index (κ1) is 15.3. The molecule has 0 amide bonds. The number of benzene rings is 2. The summed E-state index contributed by atoms with van der Waals surface area (Å²) in [4.78, 5) is 4.31. The van der Waals surface area contributed by atoms with Gasteiger partial charge in [0.2, 0.25) is 20.8 Å². The van der Waals surface area contributed by atoms with E-state index >= 15 is 0 Å². The molecule has 23 heavy (non-hydrogen) atoms. The van der Waals surface area contributed by atoms with Crippen LogP contribution in [0.3, 0.4) is 0 Å². The van der Waals surface area contributed by atoms with Crippen molar-refractivity contribution in [3.63, 3.8) is 0 Å². The molecule has 0 aliphatic carbocycles. The molecule has 0 aliphatic rings. The third kappa shape index (κ3) is 2.98. The standard InChI is InChI=1S/C17H15NO4S/c1-2-21-17-16(23(19,20)14-11-7-4-8-12-14)18-15(22-17)13-9-5-3-6-10-13/h3-12H,2H2,1H3. The Morgan fingerprint density at radius 3 is 2.22 bits per heavy atom. The fourth-order valence-electron chi connectivity index (χ4n) is 2.10. The van der Waals surface area contributed by atoms with Crippen molar-refractivity contribution in [3.8, 4) is 17.4 Å². The molecule has 0 saturated carbocycles. The molecule has 0 radical (unpaired) electrons. The number of hydrogen-bond acceptors (Lipinski definition) is 5. The van der Waals surface area contributed by atoms with Gasteiger partial charge in [-0.15, -0.1) is 0 Å². The number of nitrogens with zero attached hydrogens (tertiary/aromatic N) is 1. The molecule has 0 saturated heterocycles. The second-order valence-corrected chi connectivity index (χ2v) is 6.59. The van der Waals surface area contributed by atoms with E-state index in [2.05, 4.69) is 4.98 Å². The Morgan fingerprint density at radius 1 is 1.00 bits per heavy atom.